The van der Waals surface area contributed by atoms with Crippen molar-refractivity contribution < 1.29 is 9.59 Å². The zero-order valence-corrected chi connectivity index (χ0v) is 14.9. The van der Waals surface area contributed by atoms with Gasteiger partial charge in [0.05, 0.1) is 0 Å². The van der Waals surface area contributed by atoms with E-state index in [1.54, 1.807) is 11.8 Å². The van der Waals surface area contributed by atoms with E-state index in [1.807, 2.05) is 54.3 Å². The van der Waals surface area contributed by atoms with Crippen LogP contribution in [-0.4, -0.2) is 28.5 Å². The Balaban J connectivity index is 1.60. The Hall–Kier alpha value is -2.27. The summed E-state index contributed by atoms with van der Waals surface area (Å²) >= 11 is 1.71. The maximum absolute atomic E-state index is 12.8. The molecule has 0 bridgehead atoms. The summed E-state index contributed by atoms with van der Waals surface area (Å²) in [7, 11) is 0. The minimum atomic E-state index is -0.429. The molecule has 2 atom stereocenters. The van der Waals surface area contributed by atoms with E-state index in [-0.39, 0.29) is 11.8 Å². The van der Waals surface area contributed by atoms with E-state index in [2.05, 4.69) is 17.4 Å². The molecule has 2 fully saturated rings. The molecule has 0 saturated carbocycles. The van der Waals surface area contributed by atoms with Crippen LogP contribution in [0.5, 0.6) is 0 Å². The first-order valence-electron chi connectivity index (χ1n) is 8.49. The molecule has 2 saturated heterocycles. The third-order valence-corrected chi connectivity index (χ3v) is 6.57. The van der Waals surface area contributed by atoms with Crippen LogP contribution in [0.4, 0.5) is 5.69 Å². The normalized spacial score (nSPS) is 25.1. The summed E-state index contributed by atoms with van der Waals surface area (Å²) in [6.07, 6.45) is 1.25. The van der Waals surface area contributed by atoms with Gasteiger partial charge < -0.3 is 10.2 Å². The average Bonchev–Trinajstić information content (AvgIpc) is 3.17. The molecule has 0 aromatic heterocycles. The lowest BCUT2D eigenvalue weighted by molar-refractivity contribution is -0.136. The third-order valence-electron chi connectivity index (χ3n) is 4.97. The predicted molar refractivity (Wildman–Crippen MR) is 100 cm³/mol. The van der Waals surface area contributed by atoms with Gasteiger partial charge in [0.25, 0.3) is 0 Å². The second kappa shape index (κ2) is 6.23. The van der Waals surface area contributed by atoms with Crippen molar-refractivity contribution in [2.24, 2.45) is 0 Å². The second-order valence-electron chi connectivity index (χ2n) is 6.60. The highest BCUT2D eigenvalue weighted by Gasteiger charge is 2.56. The SMILES string of the molecule is Cc1ccc(NC(=O)[C@@H]2CS[C@@]3(c4ccccc4)CCC(=O)N23)cc1. The molecule has 4 rings (SSSR count). The van der Waals surface area contributed by atoms with Crippen LogP contribution in [0.3, 0.4) is 0 Å². The van der Waals surface area contributed by atoms with E-state index in [0.29, 0.717) is 12.2 Å². The molecular weight excluding hydrogens is 332 g/mol. The maximum Gasteiger partial charge on any atom is 0.248 e. The smallest absolute Gasteiger partial charge is 0.248 e. The average molecular weight is 352 g/mol. The van der Waals surface area contributed by atoms with E-state index in [9.17, 15) is 9.59 Å². The summed E-state index contributed by atoms with van der Waals surface area (Å²) in [4.78, 5) is 26.8. The van der Waals surface area contributed by atoms with Crippen molar-refractivity contribution in [3.63, 3.8) is 0 Å². The predicted octanol–water partition coefficient (Wildman–Crippen LogP) is 3.52. The van der Waals surface area contributed by atoms with Crippen molar-refractivity contribution >= 4 is 29.3 Å². The fourth-order valence-corrected chi connectivity index (χ4v) is 5.35. The number of carbonyl (C=O) groups excluding carboxylic acids is 2. The molecule has 4 nitrogen and oxygen atoms in total. The Morgan fingerprint density at radius 1 is 1.16 bits per heavy atom. The lowest BCUT2D eigenvalue weighted by atomic mass is 10.0. The minimum absolute atomic E-state index is 0.0675. The quantitative estimate of drug-likeness (QED) is 0.919. The number of aryl methyl sites for hydroxylation is 1. The van der Waals surface area contributed by atoms with Crippen LogP contribution >= 0.6 is 11.8 Å². The maximum atomic E-state index is 12.8. The monoisotopic (exact) mass is 352 g/mol. The molecule has 2 amide bonds. The van der Waals surface area contributed by atoms with Crippen LogP contribution in [0.2, 0.25) is 0 Å². The second-order valence-corrected chi connectivity index (χ2v) is 7.89. The van der Waals surface area contributed by atoms with E-state index >= 15 is 0 Å². The Morgan fingerprint density at radius 2 is 1.88 bits per heavy atom. The Labute approximate surface area is 151 Å². The molecule has 0 radical (unpaired) electrons. The highest BCUT2D eigenvalue weighted by molar-refractivity contribution is 8.00. The molecule has 0 spiro atoms. The topological polar surface area (TPSA) is 49.4 Å². The molecule has 5 heteroatoms. The van der Waals surface area contributed by atoms with Gasteiger partial charge in [-0.3, -0.25) is 9.59 Å². The van der Waals surface area contributed by atoms with Gasteiger partial charge in [-0.1, -0.05) is 48.0 Å². The first kappa shape index (κ1) is 16.2. The number of benzene rings is 2. The molecule has 2 aromatic carbocycles. The summed E-state index contributed by atoms with van der Waals surface area (Å²) in [5.41, 5.74) is 3.02. The van der Waals surface area contributed by atoms with Gasteiger partial charge in [0.15, 0.2) is 0 Å². The highest BCUT2D eigenvalue weighted by atomic mass is 32.2. The van der Waals surface area contributed by atoms with Gasteiger partial charge in [0.2, 0.25) is 11.8 Å². The van der Waals surface area contributed by atoms with Crippen LogP contribution in [0.1, 0.15) is 24.0 Å². The summed E-state index contributed by atoms with van der Waals surface area (Å²) in [6, 6.07) is 17.4. The number of amides is 2. The van der Waals surface area contributed by atoms with Gasteiger partial charge in [-0.25, -0.2) is 0 Å². The van der Waals surface area contributed by atoms with E-state index in [0.717, 1.165) is 23.2 Å². The fourth-order valence-electron chi connectivity index (χ4n) is 3.70. The molecule has 2 aliphatic rings. The first-order chi connectivity index (χ1) is 12.1. The van der Waals surface area contributed by atoms with Crippen molar-refractivity contribution in [2.45, 2.75) is 30.7 Å². The first-order valence-corrected chi connectivity index (χ1v) is 9.48. The Bertz CT molecular complexity index is 806. The van der Waals surface area contributed by atoms with Gasteiger partial charge in [-0.2, -0.15) is 0 Å². The largest absolute Gasteiger partial charge is 0.324 e. The summed E-state index contributed by atoms with van der Waals surface area (Å²) in [5, 5.41) is 2.97. The Morgan fingerprint density at radius 3 is 2.60 bits per heavy atom. The van der Waals surface area contributed by atoms with E-state index in [4.69, 9.17) is 0 Å². The number of hydrogen-bond donors (Lipinski definition) is 1. The van der Waals surface area contributed by atoms with Crippen LogP contribution in [0, 0.1) is 6.92 Å². The van der Waals surface area contributed by atoms with Crippen molar-refractivity contribution in [3.05, 3.63) is 65.7 Å². The lowest BCUT2D eigenvalue weighted by Gasteiger charge is -2.34. The van der Waals surface area contributed by atoms with Crippen LogP contribution in [-0.2, 0) is 14.5 Å². The number of anilines is 1. The van der Waals surface area contributed by atoms with E-state index < -0.39 is 10.9 Å². The zero-order chi connectivity index (χ0) is 17.4. The third kappa shape index (κ3) is 2.72. The van der Waals surface area contributed by atoms with Crippen LogP contribution in [0.25, 0.3) is 0 Å². The number of carbonyl (C=O) groups is 2. The lowest BCUT2D eigenvalue weighted by Crippen LogP contribution is -2.48. The summed E-state index contributed by atoms with van der Waals surface area (Å²) in [5.74, 6) is 0.584. The number of rotatable bonds is 3. The molecule has 1 N–H and O–H groups in total. The number of fused-ring (bicyclic) bond motifs is 1. The Kier molecular flexibility index (Phi) is 4.04. The van der Waals surface area contributed by atoms with Crippen LogP contribution < -0.4 is 5.32 Å². The number of nitrogens with zero attached hydrogens (tertiary/aromatic N) is 1. The zero-order valence-electron chi connectivity index (χ0n) is 14.1. The number of nitrogens with one attached hydrogen (secondary N) is 1. The molecule has 128 valence electrons. The van der Waals surface area contributed by atoms with Crippen molar-refractivity contribution in [2.75, 3.05) is 11.1 Å². The summed E-state index contributed by atoms with van der Waals surface area (Å²) in [6.45, 7) is 2.01. The molecule has 0 aliphatic carbocycles. The van der Waals surface area contributed by atoms with Gasteiger partial charge in [0.1, 0.15) is 10.9 Å². The van der Waals surface area contributed by atoms with Gasteiger partial charge in [0, 0.05) is 17.9 Å². The van der Waals surface area contributed by atoms with Gasteiger partial charge in [-0.15, -0.1) is 11.8 Å². The van der Waals surface area contributed by atoms with Crippen molar-refractivity contribution in [1.82, 2.24) is 4.90 Å². The minimum Gasteiger partial charge on any atom is -0.324 e. The van der Waals surface area contributed by atoms with Crippen molar-refractivity contribution in [1.29, 1.82) is 0 Å². The molecule has 25 heavy (non-hydrogen) atoms. The molecule has 0 unspecified atom stereocenters. The summed E-state index contributed by atoms with van der Waals surface area (Å²) < 4.78 is 0. The van der Waals surface area contributed by atoms with E-state index in [1.165, 1.54) is 0 Å². The van der Waals surface area contributed by atoms with Crippen molar-refractivity contribution in [3.8, 4) is 0 Å². The van der Waals surface area contributed by atoms with Gasteiger partial charge in [-0.05, 0) is 31.0 Å². The van der Waals surface area contributed by atoms with Crippen LogP contribution in [0.15, 0.2) is 54.6 Å². The van der Waals surface area contributed by atoms with Gasteiger partial charge >= 0.3 is 0 Å². The highest BCUT2D eigenvalue weighted by Crippen LogP contribution is 2.54. The molecular formula is C20H20N2O2S. The molecule has 2 heterocycles. The standard InChI is InChI=1S/C20H20N2O2S/c1-14-7-9-16(10-8-14)21-19(24)17-13-25-20(12-11-18(23)22(17)20)15-5-3-2-4-6-15/h2-10,17H,11-13H2,1H3,(H,21,24)/t17-,20+/m0/s1. The number of thioether (sulfide) groups is 1. The fraction of sp³-hybridized carbons (Fsp3) is 0.300. The molecule has 2 aliphatic heterocycles. The number of hydrogen-bond acceptors (Lipinski definition) is 3. The molecule has 2 aromatic rings.